The highest BCUT2D eigenvalue weighted by Gasteiger charge is 2.06. The molecule has 92 valence electrons. The van der Waals surface area contributed by atoms with Crippen molar-refractivity contribution in [3.63, 3.8) is 0 Å². The summed E-state index contributed by atoms with van der Waals surface area (Å²) in [5.74, 6) is -0.682. The van der Waals surface area contributed by atoms with Gasteiger partial charge in [-0.15, -0.1) is 0 Å². The number of carbonyl (C=O) groups is 1. The molecule has 18 heavy (non-hydrogen) atoms. The maximum atomic E-state index is 12.6. The zero-order valence-corrected chi connectivity index (χ0v) is 9.43. The Morgan fingerprint density at radius 2 is 1.94 bits per heavy atom. The van der Waals surface area contributed by atoms with Gasteiger partial charge >= 0.3 is 0 Å². The Morgan fingerprint density at radius 1 is 1.22 bits per heavy atom. The molecular formula is C13H11FN2O2. The molecule has 5 heteroatoms. The summed E-state index contributed by atoms with van der Waals surface area (Å²) in [6, 6.07) is 8.99. The van der Waals surface area contributed by atoms with Crippen molar-refractivity contribution >= 4 is 5.91 Å². The van der Waals surface area contributed by atoms with E-state index in [1.165, 1.54) is 24.3 Å². The van der Waals surface area contributed by atoms with Gasteiger partial charge in [-0.3, -0.25) is 4.79 Å². The van der Waals surface area contributed by atoms with E-state index in [4.69, 9.17) is 5.11 Å². The van der Waals surface area contributed by atoms with Gasteiger partial charge in [0, 0.05) is 6.54 Å². The van der Waals surface area contributed by atoms with Gasteiger partial charge in [0.05, 0.1) is 6.20 Å². The second kappa shape index (κ2) is 5.27. The Labute approximate surface area is 103 Å². The fourth-order valence-corrected chi connectivity index (χ4v) is 1.40. The summed E-state index contributed by atoms with van der Waals surface area (Å²) in [6.07, 6.45) is 0.996. The Hall–Kier alpha value is -2.43. The van der Waals surface area contributed by atoms with Gasteiger partial charge in [0.2, 0.25) is 0 Å². The normalized spacial score (nSPS) is 10.1. The third-order valence-electron chi connectivity index (χ3n) is 2.35. The molecule has 1 heterocycles. The zero-order valence-electron chi connectivity index (χ0n) is 9.43. The summed E-state index contributed by atoms with van der Waals surface area (Å²) >= 11 is 0. The average Bonchev–Trinajstić information content (AvgIpc) is 2.38. The maximum Gasteiger partial charge on any atom is 0.270 e. The summed E-state index contributed by atoms with van der Waals surface area (Å²) in [7, 11) is 0. The van der Waals surface area contributed by atoms with Crippen LogP contribution in [0.2, 0.25) is 0 Å². The predicted molar refractivity (Wildman–Crippen MR) is 63.5 cm³/mol. The van der Waals surface area contributed by atoms with Crippen LogP contribution in [0, 0.1) is 5.82 Å². The number of nitrogens with zero attached hydrogens (tertiary/aromatic N) is 1. The van der Waals surface area contributed by atoms with Gasteiger partial charge < -0.3 is 10.4 Å². The zero-order chi connectivity index (χ0) is 13.0. The Balaban J connectivity index is 1.96. The lowest BCUT2D eigenvalue weighted by Gasteiger charge is -2.04. The number of hydrogen-bond acceptors (Lipinski definition) is 3. The summed E-state index contributed by atoms with van der Waals surface area (Å²) in [5.41, 5.74) is 1.01. The molecule has 2 rings (SSSR count). The van der Waals surface area contributed by atoms with Crippen LogP contribution in [0.25, 0.3) is 0 Å². The number of benzene rings is 1. The fourth-order valence-electron chi connectivity index (χ4n) is 1.40. The third kappa shape index (κ3) is 3.04. The van der Waals surface area contributed by atoms with E-state index >= 15 is 0 Å². The van der Waals surface area contributed by atoms with Crippen molar-refractivity contribution in [3.05, 3.63) is 59.7 Å². The Bertz CT molecular complexity index is 538. The molecule has 1 aromatic carbocycles. The van der Waals surface area contributed by atoms with Gasteiger partial charge in [0.25, 0.3) is 5.91 Å². The van der Waals surface area contributed by atoms with Gasteiger partial charge in [-0.05, 0) is 29.8 Å². The minimum atomic E-state index is -0.481. The van der Waals surface area contributed by atoms with Gasteiger partial charge in [-0.1, -0.05) is 12.1 Å². The first-order valence-electron chi connectivity index (χ1n) is 5.33. The molecule has 0 radical (unpaired) electrons. The predicted octanol–water partition coefficient (Wildman–Crippen LogP) is 1.86. The van der Waals surface area contributed by atoms with Crippen molar-refractivity contribution in [1.29, 1.82) is 0 Å². The van der Waals surface area contributed by atoms with Crippen LogP contribution in [0.3, 0.4) is 0 Å². The number of rotatable bonds is 3. The lowest BCUT2D eigenvalue weighted by molar-refractivity contribution is 0.0946. The molecule has 0 unspecified atom stereocenters. The molecule has 1 aromatic heterocycles. The number of amides is 1. The van der Waals surface area contributed by atoms with E-state index in [9.17, 15) is 9.18 Å². The standard InChI is InChI=1S/C13H11FN2O2/c14-10-3-6-12(15-8-10)13(18)16-7-9-1-4-11(17)5-2-9/h1-6,8,17H,7H2,(H,16,18). The molecule has 0 atom stereocenters. The highest BCUT2D eigenvalue weighted by Crippen LogP contribution is 2.09. The van der Waals surface area contributed by atoms with Crippen LogP contribution < -0.4 is 5.32 Å². The molecule has 0 bridgehead atoms. The van der Waals surface area contributed by atoms with E-state index in [1.807, 2.05) is 0 Å². The number of aromatic nitrogens is 1. The van der Waals surface area contributed by atoms with Crippen molar-refractivity contribution in [2.45, 2.75) is 6.54 Å². The largest absolute Gasteiger partial charge is 0.508 e. The smallest absolute Gasteiger partial charge is 0.270 e. The molecule has 0 aliphatic heterocycles. The summed E-state index contributed by atoms with van der Waals surface area (Å²) in [5, 5.41) is 11.8. The number of phenols is 1. The molecule has 1 amide bonds. The monoisotopic (exact) mass is 246 g/mol. The highest BCUT2D eigenvalue weighted by molar-refractivity contribution is 5.92. The van der Waals surface area contributed by atoms with Gasteiger partial charge in [0.1, 0.15) is 17.3 Å². The van der Waals surface area contributed by atoms with Crippen LogP contribution in [0.4, 0.5) is 4.39 Å². The maximum absolute atomic E-state index is 12.6. The van der Waals surface area contributed by atoms with E-state index in [2.05, 4.69) is 10.3 Å². The SMILES string of the molecule is O=C(NCc1ccc(O)cc1)c1ccc(F)cn1. The topological polar surface area (TPSA) is 62.2 Å². The summed E-state index contributed by atoms with van der Waals surface area (Å²) in [6.45, 7) is 0.318. The summed E-state index contributed by atoms with van der Waals surface area (Å²) in [4.78, 5) is 15.3. The molecule has 0 aliphatic rings. The first kappa shape index (κ1) is 12.0. The van der Waals surface area contributed by atoms with Gasteiger partial charge in [-0.2, -0.15) is 0 Å². The van der Waals surface area contributed by atoms with Crippen LogP contribution in [-0.2, 0) is 6.54 Å². The number of pyridine rings is 1. The second-order valence-electron chi connectivity index (χ2n) is 3.71. The van der Waals surface area contributed by atoms with E-state index < -0.39 is 5.82 Å². The Morgan fingerprint density at radius 3 is 2.56 bits per heavy atom. The van der Waals surface area contributed by atoms with Crippen LogP contribution in [0.1, 0.15) is 16.1 Å². The third-order valence-corrected chi connectivity index (χ3v) is 2.35. The van der Waals surface area contributed by atoms with E-state index in [-0.39, 0.29) is 17.4 Å². The van der Waals surface area contributed by atoms with E-state index in [0.29, 0.717) is 6.54 Å². The van der Waals surface area contributed by atoms with Gasteiger partial charge in [-0.25, -0.2) is 9.37 Å². The van der Waals surface area contributed by atoms with Crippen LogP contribution in [-0.4, -0.2) is 16.0 Å². The molecule has 0 fully saturated rings. The van der Waals surface area contributed by atoms with Gasteiger partial charge in [0.15, 0.2) is 0 Å². The fraction of sp³-hybridized carbons (Fsp3) is 0.0769. The lowest BCUT2D eigenvalue weighted by Crippen LogP contribution is -2.23. The van der Waals surface area contributed by atoms with Crippen LogP contribution in [0.5, 0.6) is 5.75 Å². The van der Waals surface area contributed by atoms with E-state index in [0.717, 1.165) is 11.8 Å². The van der Waals surface area contributed by atoms with Crippen molar-refractivity contribution < 1.29 is 14.3 Å². The molecule has 0 spiro atoms. The number of nitrogens with one attached hydrogen (secondary N) is 1. The van der Waals surface area contributed by atoms with Crippen molar-refractivity contribution in [2.75, 3.05) is 0 Å². The number of carbonyl (C=O) groups excluding carboxylic acids is 1. The van der Waals surface area contributed by atoms with Crippen LogP contribution in [0.15, 0.2) is 42.6 Å². The molecular weight excluding hydrogens is 235 g/mol. The molecule has 4 nitrogen and oxygen atoms in total. The summed E-state index contributed by atoms with van der Waals surface area (Å²) < 4.78 is 12.6. The number of halogens is 1. The first-order chi connectivity index (χ1) is 8.65. The van der Waals surface area contributed by atoms with Crippen molar-refractivity contribution in [2.24, 2.45) is 0 Å². The minimum Gasteiger partial charge on any atom is -0.508 e. The minimum absolute atomic E-state index is 0.162. The van der Waals surface area contributed by atoms with Crippen molar-refractivity contribution in [3.8, 4) is 5.75 Å². The Kier molecular flexibility index (Phi) is 3.52. The second-order valence-corrected chi connectivity index (χ2v) is 3.71. The lowest BCUT2D eigenvalue weighted by atomic mass is 10.2. The molecule has 0 saturated heterocycles. The van der Waals surface area contributed by atoms with E-state index in [1.54, 1.807) is 12.1 Å². The number of hydrogen-bond donors (Lipinski definition) is 2. The quantitative estimate of drug-likeness (QED) is 0.868. The van der Waals surface area contributed by atoms with Crippen molar-refractivity contribution in [1.82, 2.24) is 10.3 Å². The molecule has 2 N–H and O–H groups in total. The highest BCUT2D eigenvalue weighted by atomic mass is 19.1. The molecule has 2 aromatic rings. The first-order valence-corrected chi connectivity index (χ1v) is 5.33. The molecule has 0 saturated carbocycles. The van der Waals surface area contributed by atoms with Crippen LogP contribution >= 0.6 is 0 Å². The number of phenolic OH excluding ortho intramolecular Hbond substituents is 1. The molecule has 0 aliphatic carbocycles. The average molecular weight is 246 g/mol. The number of aromatic hydroxyl groups is 1.